The van der Waals surface area contributed by atoms with E-state index in [2.05, 4.69) is 32.1 Å². The van der Waals surface area contributed by atoms with E-state index in [4.69, 9.17) is 18.5 Å². The highest BCUT2D eigenvalue weighted by Crippen LogP contribution is 2.38. The Morgan fingerprint density at radius 3 is 1.85 bits per heavy atom. The van der Waals surface area contributed by atoms with Crippen molar-refractivity contribution in [3.63, 3.8) is 0 Å². The minimum atomic E-state index is -4.62. The predicted octanol–water partition coefficient (Wildman–Crippen LogP) is 8.16. The zero-order chi connectivity index (χ0) is 34.4. The van der Waals surface area contributed by atoms with E-state index < -0.39 is 32.5 Å². The highest BCUT2D eigenvalue weighted by atomic mass is 31.2. The van der Waals surface area contributed by atoms with Crippen LogP contribution in [-0.2, 0) is 32.7 Å². The molecule has 0 amide bonds. The molecule has 0 fully saturated rings. The number of hydrogen-bond acceptors (Lipinski definition) is 8. The van der Waals surface area contributed by atoms with E-state index >= 15 is 0 Å². The van der Waals surface area contributed by atoms with Crippen LogP contribution in [0.25, 0.3) is 0 Å². The smallest absolute Gasteiger partial charge is 0.306 e. The van der Waals surface area contributed by atoms with Crippen molar-refractivity contribution in [2.75, 3.05) is 47.5 Å². The molecule has 0 radical (unpaired) electrons. The molecule has 9 nitrogen and oxygen atoms in total. The van der Waals surface area contributed by atoms with Crippen LogP contribution >= 0.6 is 7.82 Å². The number of nitrogens with zero attached hydrogens (tertiary/aromatic N) is 1. The van der Waals surface area contributed by atoms with Crippen molar-refractivity contribution in [1.82, 2.24) is 0 Å². The molecule has 2 atom stereocenters. The number of phosphoric ester groups is 1. The zero-order valence-corrected chi connectivity index (χ0v) is 30.4. The molecule has 1 unspecified atom stereocenters. The lowest BCUT2D eigenvalue weighted by molar-refractivity contribution is -0.870. The van der Waals surface area contributed by atoms with Crippen molar-refractivity contribution in [2.45, 2.75) is 123 Å². The number of unbranched alkanes of at least 4 members (excludes halogenated alkanes) is 11. The highest BCUT2D eigenvalue weighted by molar-refractivity contribution is 7.45. The summed E-state index contributed by atoms with van der Waals surface area (Å²) in [5, 5.41) is 0. The molecule has 0 heterocycles. The lowest BCUT2D eigenvalue weighted by Gasteiger charge is -2.28. The third-order valence-electron chi connectivity index (χ3n) is 6.96. The van der Waals surface area contributed by atoms with E-state index in [1.165, 1.54) is 19.3 Å². The summed E-state index contributed by atoms with van der Waals surface area (Å²) >= 11 is 0. The fraction of sp³-hybridized carbons (Fsp3) is 0.722. The second-order valence-electron chi connectivity index (χ2n) is 12.6. The number of likely N-dealkylation sites (N-methyl/N-ethyl adjacent to an activating group) is 1. The standard InChI is InChI=1S/C36H64NO8P/c1-6-8-10-12-14-15-16-17-18-19-20-21-23-25-27-29-36(39)45-34(33-44-46(40,41)43-31-30-37(3,4)5)32-42-35(38)28-26-24-22-13-11-9-7-2/h8,10,12,14-18,34H,6-7,9,11,13,19-33H2,1-5H3/b10-8+,14-12+,16-15+,18-17+/t34-/m1/s1. The van der Waals surface area contributed by atoms with Crippen LogP contribution in [0.15, 0.2) is 48.6 Å². The number of carbonyl (C=O) groups is 2. The van der Waals surface area contributed by atoms with Gasteiger partial charge in [0.25, 0.3) is 7.82 Å². The minimum absolute atomic E-state index is 0.0374. The Hall–Kier alpha value is -2.03. The van der Waals surface area contributed by atoms with Gasteiger partial charge in [-0.2, -0.15) is 0 Å². The van der Waals surface area contributed by atoms with Gasteiger partial charge in [-0.1, -0.05) is 120 Å². The fourth-order valence-electron chi connectivity index (χ4n) is 4.19. The first kappa shape index (κ1) is 44.0. The van der Waals surface area contributed by atoms with E-state index in [0.29, 0.717) is 17.4 Å². The summed E-state index contributed by atoms with van der Waals surface area (Å²) in [7, 11) is 1.14. The zero-order valence-electron chi connectivity index (χ0n) is 29.5. The maximum Gasteiger partial charge on any atom is 0.306 e. The summed E-state index contributed by atoms with van der Waals surface area (Å²) in [6, 6.07) is 0. The first-order chi connectivity index (χ1) is 22.0. The van der Waals surface area contributed by atoms with Gasteiger partial charge in [-0.05, 0) is 32.1 Å². The molecule has 0 saturated heterocycles. The van der Waals surface area contributed by atoms with E-state index in [1.54, 1.807) is 0 Å². The first-order valence-corrected chi connectivity index (χ1v) is 18.9. The van der Waals surface area contributed by atoms with Gasteiger partial charge in [0.15, 0.2) is 6.10 Å². The Labute approximate surface area is 280 Å². The largest absolute Gasteiger partial charge is 0.756 e. The molecular weight excluding hydrogens is 605 g/mol. The van der Waals surface area contributed by atoms with Crippen LogP contribution in [0.5, 0.6) is 0 Å². The molecule has 0 aromatic carbocycles. The van der Waals surface area contributed by atoms with Crippen molar-refractivity contribution in [1.29, 1.82) is 0 Å². The van der Waals surface area contributed by atoms with Crippen molar-refractivity contribution in [3.05, 3.63) is 48.6 Å². The molecule has 0 bridgehead atoms. The molecular formula is C36H64NO8P. The summed E-state index contributed by atoms with van der Waals surface area (Å²) in [5.74, 6) is -0.876. The third-order valence-corrected chi connectivity index (χ3v) is 7.92. The molecule has 0 spiro atoms. The van der Waals surface area contributed by atoms with E-state index in [-0.39, 0.29) is 26.1 Å². The minimum Gasteiger partial charge on any atom is -0.756 e. The summed E-state index contributed by atoms with van der Waals surface area (Å²) in [5.41, 5.74) is 0. The molecule has 0 aliphatic carbocycles. The van der Waals surface area contributed by atoms with Crippen molar-refractivity contribution in [3.8, 4) is 0 Å². The Bertz CT molecular complexity index is 939. The maximum atomic E-state index is 12.5. The fourth-order valence-corrected chi connectivity index (χ4v) is 4.92. The highest BCUT2D eigenvalue weighted by Gasteiger charge is 2.21. The van der Waals surface area contributed by atoms with Gasteiger partial charge in [0.2, 0.25) is 0 Å². The normalized spacial score (nSPS) is 14.5. The Kier molecular flexibility index (Phi) is 27.8. The Morgan fingerprint density at radius 2 is 1.24 bits per heavy atom. The number of rotatable bonds is 30. The number of esters is 2. The summed E-state index contributed by atoms with van der Waals surface area (Å²) < 4.78 is 33.5. The number of allylic oxidation sites excluding steroid dienone is 8. The molecule has 0 N–H and O–H groups in total. The van der Waals surface area contributed by atoms with Crippen LogP contribution in [0, 0.1) is 0 Å². The van der Waals surface area contributed by atoms with Gasteiger partial charge in [-0.15, -0.1) is 0 Å². The quantitative estimate of drug-likeness (QED) is 0.0248. The molecule has 266 valence electrons. The number of ether oxygens (including phenoxy) is 2. The first-order valence-electron chi connectivity index (χ1n) is 17.4. The molecule has 0 aliphatic heterocycles. The SMILES string of the molecule is CC/C=C/C=C/C=C/C=C/CCCCCCCC(=O)O[C@H](COC(=O)CCCCCCCCC)COP(=O)([O-])OCC[N+](C)(C)C. The second kappa shape index (κ2) is 29.1. The lowest BCUT2D eigenvalue weighted by Crippen LogP contribution is -2.37. The molecule has 0 aliphatic rings. The molecule has 0 rings (SSSR count). The summed E-state index contributed by atoms with van der Waals surface area (Å²) in [4.78, 5) is 37.1. The number of hydrogen-bond donors (Lipinski definition) is 0. The van der Waals surface area contributed by atoms with Gasteiger partial charge >= 0.3 is 11.9 Å². The summed E-state index contributed by atoms with van der Waals surface area (Å²) in [6.07, 6.45) is 30.1. The monoisotopic (exact) mass is 669 g/mol. The Balaban J connectivity index is 4.51. The van der Waals surface area contributed by atoms with Crippen LogP contribution in [0.4, 0.5) is 0 Å². The average Bonchev–Trinajstić information content (AvgIpc) is 2.99. The van der Waals surface area contributed by atoms with Gasteiger partial charge in [0, 0.05) is 12.8 Å². The summed E-state index contributed by atoms with van der Waals surface area (Å²) in [6.45, 7) is 3.97. The van der Waals surface area contributed by atoms with E-state index in [9.17, 15) is 19.0 Å². The maximum absolute atomic E-state index is 12.5. The van der Waals surface area contributed by atoms with Crippen LogP contribution in [0.2, 0.25) is 0 Å². The number of quaternary nitrogens is 1. The van der Waals surface area contributed by atoms with Gasteiger partial charge in [0.05, 0.1) is 27.7 Å². The molecule has 46 heavy (non-hydrogen) atoms. The van der Waals surface area contributed by atoms with Crippen LogP contribution in [-0.4, -0.2) is 70.0 Å². The van der Waals surface area contributed by atoms with Gasteiger partial charge in [0.1, 0.15) is 19.8 Å². The van der Waals surface area contributed by atoms with Crippen LogP contribution in [0.3, 0.4) is 0 Å². The van der Waals surface area contributed by atoms with Crippen LogP contribution in [0.1, 0.15) is 117 Å². The molecule has 0 aromatic heterocycles. The van der Waals surface area contributed by atoms with Gasteiger partial charge in [-0.25, -0.2) is 0 Å². The van der Waals surface area contributed by atoms with Crippen molar-refractivity contribution < 1.29 is 42.1 Å². The van der Waals surface area contributed by atoms with Crippen LogP contribution < -0.4 is 4.89 Å². The second-order valence-corrected chi connectivity index (χ2v) is 14.0. The molecule has 0 saturated carbocycles. The van der Waals surface area contributed by atoms with Crippen molar-refractivity contribution >= 4 is 19.8 Å². The van der Waals surface area contributed by atoms with Gasteiger partial charge in [-0.3, -0.25) is 14.2 Å². The van der Waals surface area contributed by atoms with Gasteiger partial charge < -0.3 is 27.9 Å². The molecule has 10 heteroatoms. The number of phosphoric acid groups is 1. The average molecular weight is 670 g/mol. The van der Waals surface area contributed by atoms with Crippen molar-refractivity contribution in [2.24, 2.45) is 0 Å². The predicted molar refractivity (Wildman–Crippen MR) is 185 cm³/mol. The lowest BCUT2D eigenvalue weighted by atomic mass is 10.1. The molecule has 0 aromatic rings. The van der Waals surface area contributed by atoms with E-state index in [1.807, 2.05) is 51.5 Å². The number of carbonyl (C=O) groups excluding carboxylic acids is 2. The third kappa shape index (κ3) is 31.9. The van der Waals surface area contributed by atoms with E-state index in [0.717, 1.165) is 64.2 Å². The topological polar surface area (TPSA) is 111 Å². The Morgan fingerprint density at radius 1 is 0.696 bits per heavy atom.